The van der Waals surface area contributed by atoms with E-state index in [-0.39, 0.29) is 18.2 Å². The highest BCUT2D eigenvalue weighted by Crippen LogP contribution is 2.34. The lowest BCUT2D eigenvalue weighted by atomic mass is 10.1. The average molecular weight is 420 g/mol. The van der Waals surface area contributed by atoms with Crippen LogP contribution in [-0.4, -0.2) is 39.8 Å². The van der Waals surface area contributed by atoms with E-state index in [0.29, 0.717) is 27.9 Å². The van der Waals surface area contributed by atoms with Gasteiger partial charge in [-0.2, -0.15) is 0 Å². The van der Waals surface area contributed by atoms with E-state index in [1.165, 1.54) is 0 Å². The van der Waals surface area contributed by atoms with Crippen LogP contribution in [0.5, 0.6) is 0 Å². The lowest BCUT2D eigenvalue weighted by molar-refractivity contribution is -0.115. The van der Waals surface area contributed by atoms with Crippen molar-refractivity contribution < 1.29 is 9.59 Å². The van der Waals surface area contributed by atoms with Crippen molar-refractivity contribution in [2.75, 3.05) is 23.7 Å². The molecule has 0 saturated carbocycles. The summed E-state index contributed by atoms with van der Waals surface area (Å²) in [5, 5.41) is 6.58. The average Bonchev–Trinajstić information content (AvgIpc) is 2.82. The third-order valence-corrected chi connectivity index (χ3v) is 5.49. The van der Waals surface area contributed by atoms with Gasteiger partial charge >= 0.3 is 0 Å². The van der Waals surface area contributed by atoms with Gasteiger partial charge in [-0.3, -0.25) is 9.59 Å². The van der Waals surface area contributed by atoms with Crippen LogP contribution in [0.2, 0.25) is 5.02 Å². The van der Waals surface area contributed by atoms with Crippen molar-refractivity contribution in [2.24, 2.45) is 0 Å². The molecule has 1 saturated heterocycles. The number of rotatable bonds is 3. The fraction of sp³-hybridized carbons (Fsp3) is 0.182. The molecule has 30 heavy (non-hydrogen) atoms. The largest absolute Gasteiger partial charge is 0.339 e. The number of anilines is 3. The first-order chi connectivity index (χ1) is 14.6. The molecule has 3 aromatic rings. The Morgan fingerprint density at radius 1 is 1.13 bits per heavy atom. The molecule has 7 nitrogen and oxygen atoms in total. The van der Waals surface area contributed by atoms with Crippen LogP contribution >= 0.6 is 11.6 Å². The SMILES string of the molecule is O=C1Cc2cnc(Nc3ccc(C(=O)N4CCC4)cc3)nc2-c2ccc(Cl)cc2N1. The highest BCUT2D eigenvalue weighted by atomic mass is 35.5. The van der Waals surface area contributed by atoms with Crippen molar-refractivity contribution in [1.29, 1.82) is 0 Å². The maximum atomic E-state index is 12.3. The van der Waals surface area contributed by atoms with Gasteiger partial charge < -0.3 is 15.5 Å². The van der Waals surface area contributed by atoms with E-state index >= 15 is 0 Å². The van der Waals surface area contributed by atoms with E-state index in [1.54, 1.807) is 30.5 Å². The molecule has 2 aliphatic heterocycles. The highest BCUT2D eigenvalue weighted by molar-refractivity contribution is 6.31. The molecule has 2 aliphatic rings. The van der Waals surface area contributed by atoms with Gasteiger partial charge in [-0.15, -0.1) is 0 Å². The number of carbonyl (C=O) groups is 2. The monoisotopic (exact) mass is 419 g/mol. The maximum absolute atomic E-state index is 12.3. The number of halogens is 1. The Morgan fingerprint density at radius 3 is 2.67 bits per heavy atom. The van der Waals surface area contributed by atoms with E-state index in [2.05, 4.69) is 20.6 Å². The number of hydrogen-bond acceptors (Lipinski definition) is 5. The van der Waals surface area contributed by atoms with Gasteiger partial charge in [-0.05, 0) is 48.9 Å². The number of aromatic nitrogens is 2. The summed E-state index contributed by atoms with van der Waals surface area (Å²) in [6, 6.07) is 12.6. The molecule has 0 bridgehead atoms. The Morgan fingerprint density at radius 2 is 1.93 bits per heavy atom. The Kier molecular flexibility index (Phi) is 4.59. The molecule has 0 atom stereocenters. The fourth-order valence-electron chi connectivity index (χ4n) is 3.55. The fourth-order valence-corrected chi connectivity index (χ4v) is 3.72. The first-order valence-electron chi connectivity index (χ1n) is 9.69. The minimum Gasteiger partial charge on any atom is -0.339 e. The van der Waals surface area contributed by atoms with Gasteiger partial charge in [0.15, 0.2) is 0 Å². The second-order valence-corrected chi connectivity index (χ2v) is 7.77. The molecule has 2 amide bonds. The summed E-state index contributed by atoms with van der Waals surface area (Å²) in [5.74, 6) is 0.330. The van der Waals surface area contributed by atoms with Crippen molar-refractivity contribution >= 4 is 40.7 Å². The van der Waals surface area contributed by atoms with Crippen molar-refractivity contribution in [2.45, 2.75) is 12.8 Å². The minimum absolute atomic E-state index is 0.0570. The summed E-state index contributed by atoms with van der Waals surface area (Å²) < 4.78 is 0. The predicted octanol–water partition coefficient (Wildman–Crippen LogP) is 3.88. The number of carbonyl (C=O) groups excluding carboxylic acids is 2. The van der Waals surface area contributed by atoms with Crippen LogP contribution in [0.3, 0.4) is 0 Å². The van der Waals surface area contributed by atoms with Crippen molar-refractivity contribution in [3.05, 3.63) is 64.8 Å². The van der Waals surface area contributed by atoms with E-state index in [0.717, 1.165) is 36.3 Å². The summed E-state index contributed by atoms with van der Waals surface area (Å²) >= 11 is 6.09. The number of hydrogen-bond donors (Lipinski definition) is 2. The third kappa shape index (κ3) is 3.48. The molecule has 150 valence electrons. The van der Waals surface area contributed by atoms with Crippen LogP contribution < -0.4 is 10.6 Å². The van der Waals surface area contributed by atoms with Gasteiger partial charge in [0.2, 0.25) is 11.9 Å². The second kappa shape index (κ2) is 7.42. The predicted molar refractivity (Wildman–Crippen MR) is 115 cm³/mol. The summed E-state index contributed by atoms with van der Waals surface area (Å²) in [6.45, 7) is 1.65. The second-order valence-electron chi connectivity index (χ2n) is 7.33. The maximum Gasteiger partial charge on any atom is 0.253 e. The molecule has 1 aromatic heterocycles. The number of nitrogens with one attached hydrogen (secondary N) is 2. The first kappa shape index (κ1) is 18.6. The van der Waals surface area contributed by atoms with Crippen LogP contribution in [0.25, 0.3) is 11.3 Å². The molecule has 3 heterocycles. The highest BCUT2D eigenvalue weighted by Gasteiger charge is 2.22. The summed E-state index contributed by atoms with van der Waals surface area (Å²) in [5.41, 5.74) is 4.29. The molecule has 8 heteroatoms. The van der Waals surface area contributed by atoms with Crippen LogP contribution in [0.15, 0.2) is 48.7 Å². The van der Waals surface area contributed by atoms with E-state index < -0.39 is 0 Å². The van der Waals surface area contributed by atoms with E-state index in [4.69, 9.17) is 11.6 Å². The standard InChI is InChI=1S/C22H18ClN5O2/c23-15-4-7-17-18(11-15)26-19(29)10-14-12-24-22(27-20(14)17)25-16-5-2-13(3-6-16)21(30)28-8-1-9-28/h2-7,11-12H,1,8-10H2,(H,26,29)(H,24,25,27). The lowest BCUT2D eigenvalue weighted by Crippen LogP contribution is -2.41. The summed E-state index contributed by atoms with van der Waals surface area (Å²) in [4.78, 5) is 35.3. The molecule has 0 aliphatic carbocycles. The first-order valence-corrected chi connectivity index (χ1v) is 10.1. The zero-order valence-corrected chi connectivity index (χ0v) is 16.7. The Bertz CT molecular complexity index is 1160. The molecule has 5 rings (SSSR count). The number of amides is 2. The zero-order valence-electron chi connectivity index (χ0n) is 16.0. The number of benzene rings is 2. The molecular formula is C22H18ClN5O2. The topological polar surface area (TPSA) is 87.2 Å². The Balaban J connectivity index is 1.43. The summed E-state index contributed by atoms with van der Waals surface area (Å²) in [6.07, 6.45) is 2.92. The normalized spacial score (nSPS) is 14.7. The van der Waals surface area contributed by atoms with Crippen LogP contribution in [0, 0.1) is 0 Å². The van der Waals surface area contributed by atoms with Crippen LogP contribution in [0.4, 0.5) is 17.3 Å². The molecule has 1 fully saturated rings. The third-order valence-electron chi connectivity index (χ3n) is 5.26. The molecule has 0 radical (unpaired) electrons. The number of fused-ring (bicyclic) bond motifs is 3. The quantitative estimate of drug-likeness (QED) is 0.672. The Labute approximate surface area is 178 Å². The van der Waals surface area contributed by atoms with Crippen molar-refractivity contribution in [3.63, 3.8) is 0 Å². The van der Waals surface area contributed by atoms with Crippen LogP contribution in [-0.2, 0) is 11.2 Å². The molecular weight excluding hydrogens is 402 g/mol. The van der Waals surface area contributed by atoms with Gasteiger partial charge in [0, 0.05) is 46.7 Å². The van der Waals surface area contributed by atoms with Gasteiger partial charge in [0.05, 0.1) is 17.8 Å². The zero-order chi connectivity index (χ0) is 20.7. The summed E-state index contributed by atoms with van der Waals surface area (Å²) in [7, 11) is 0. The number of likely N-dealkylation sites (tertiary alicyclic amines) is 1. The Hall–Kier alpha value is -3.45. The van der Waals surface area contributed by atoms with E-state index in [1.807, 2.05) is 23.1 Å². The molecule has 2 N–H and O–H groups in total. The molecule has 0 unspecified atom stereocenters. The smallest absolute Gasteiger partial charge is 0.253 e. The van der Waals surface area contributed by atoms with Crippen LogP contribution in [0.1, 0.15) is 22.3 Å². The molecule has 2 aromatic carbocycles. The van der Waals surface area contributed by atoms with E-state index in [9.17, 15) is 9.59 Å². The number of nitrogens with zero attached hydrogens (tertiary/aromatic N) is 3. The van der Waals surface area contributed by atoms with Crippen molar-refractivity contribution in [1.82, 2.24) is 14.9 Å². The van der Waals surface area contributed by atoms with Gasteiger partial charge in [-0.25, -0.2) is 9.97 Å². The molecule has 0 spiro atoms. The van der Waals surface area contributed by atoms with Gasteiger partial charge in [0.25, 0.3) is 5.91 Å². The van der Waals surface area contributed by atoms with Crippen molar-refractivity contribution in [3.8, 4) is 11.3 Å². The van der Waals surface area contributed by atoms with Gasteiger partial charge in [-0.1, -0.05) is 11.6 Å². The van der Waals surface area contributed by atoms with Gasteiger partial charge in [0.1, 0.15) is 0 Å². The minimum atomic E-state index is -0.135. The lowest BCUT2D eigenvalue weighted by Gasteiger charge is -2.30.